The second kappa shape index (κ2) is 7.21. The largest absolute Gasteiger partial charge is 0.396 e. The molecule has 4 heteroatoms. The predicted molar refractivity (Wildman–Crippen MR) is 83.5 cm³/mol. The molecule has 0 saturated carbocycles. The molecule has 0 radical (unpaired) electrons. The molecule has 0 spiro atoms. The van der Waals surface area contributed by atoms with Crippen LogP contribution in [0.15, 0.2) is 46.9 Å². The van der Waals surface area contributed by atoms with Crippen molar-refractivity contribution >= 4 is 27.5 Å². The molecule has 0 aromatic heterocycles. The zero-order chi connectivity index (χ0) is 14.5. The van der Waals surface area contributed by atoms with Crippen LogP contribution in [0.1, 0.15) is 11.1 Å². The molecule has 1 N–H and O–H groups in total. The lowest BCUT2D eigenvalue weighted by atomic mass is 9.93. The van der Waals surface area contributed by atoms with Crippen LogP contribution in [0.25, 0.3) is 0 Å². The summed E-state index contributed by atoms with van der Waals surface area (Å²) in [6.45, 7) is 0.0848. The third-order valence-corrected chi connectivity index (χ3v) is 4.02. The standard InChI is InChI=1S/C16H15BrClFO/c17-15-9-12(4-5-16(15)19)7-13(10-20)6-11-2-1-3-14(18)8-11/h1-5,8-9,13,20H,6-7,10H2. The Hall–Kier alpha value is -0.900. The van der Waals surface area contributed by atoms with E-state index in [4.69, 9.17) is 11.6 Å². The van der Waals surface area contributed by atoms with Crippen LogP contribution in [0.2, 0.25) is 5.02 Å². The van der Waals surface area contributed by atoms with E-state index in [0.29, 0.717) is 15.9 Å². The molecule has 1 unspecified atom stereocenters. The molecule has 0 bridgehead atoms. The maximum absolute atomic E-state index is 13.2. The van der Waals surface area contributed by atoms with Gasteiger partial charge in [-0.05, 0) is 70.1 Å². The first kappa shape index (κ1) is 15.5. The van der Waals surface area contributed by atoms with E-state index >= 15 is 0 Å². The van der Waals surface area contributed by atoms with Gasteiger partial charge in [-0.1, -0.05) is 29.8 Å². The summed E-state index contributed by atoms with van der Waals surface area (Å²) in [7, 11) is 0. The number of hydrogen-bond donors (Lipinski definition) is 1. The Bertz CT molecular complexity index is 588. The van der Waals surface area contributed by atoms with E-state index in [9.17, 15) is 9.50 Å². The monoisotopic (exact) mass is 356 g/mol. The van der Waals surface area contributed by atoms with Crippen molar-refractivity contribution < 1.29 is 9.50 Å². The molecule has 0 aliphatic heterocycles. The molecule has 0 amide bonds. The van der Waals surface area contributed by atoms with Gasteiger partial charge in [0.15, 0.2) is 0 Å². The van der Waals surface area contributed by atoms with Crippen LogP contribution in [0.4, 0.5) is 4.39 Å². The molecule has 2 rings (SSSR count). The molecule has 0 saturated heterocycles. The fourth-order valence-electron chi connectivity index (χ4n) is 2.20. The van der Waals surface area contributed by atoms with Gasteiger partial charge in [0.1, 0.15) is 5.82 Å². The van der Waals surface area contributed by atoms with Crippen LogP contribution in [-0.4, -0.2) is 11.7 Å². The van der Waals surface area contributed by atoms with Gasteiger partial charge in [-0.25, -0.2) is 4.39 Å². The Labute approximate surface area is 131 Å². The third-order valence-electron chi connectivity index (χ3n) is 3.18. The van der Waals surface area contributed by atoms with Crippen LogP contribution in [-0.2, 0) is 12.8 Å². The third kappa shape index (κ3) is 4.30. The lowest BCUT2D eigenvalue weighted by molar-refractivity contribution is 0.225. The van der Waals surface area contributed by atoms with E-state index < -0.39 is 0 Å². The molecule has 2 aromatic rings. The van der Waals surface area contributed by atoms with Crippen molar-refractivity contribution in [3.05, 3.63) is 68.9 Å². The molecule has 20 heavy (non-hydrogen) atoms. The van der Waals surface area contributed by atoms with Gasteiger partial charge >= 0.3 is 0 Å². The summed E-state index contributed by atoms with van der Waals surface area (Å²) >= 11 is 9.14. The SMILES string of the molecule is OCC(Cc1cccc(Cl)c1)Cc1ccc(F)c(Br)c1. The van der Waals surface area contributed by atoms with Crippen LogP contribution in [0.3, 0.4) is 0 Å². The highest BCUT2D eigenvalue weighted by atomic mass is 79.9. The molecule has 1 nitrogen and oxygen atoms in total. The van der Waals surface area contributed by atoms with Crippen molar-refractivity contribution in [1.29, 1.82) is 0 Å². The first-order valence-electron chi connectivity index (χ1n) is 6.37. The fourth-order valence-corrected chi connectivity index (χ4v) is 2.84. The molecule has 0 fully saturated rings. The fraction of sp³-hybridized carbons (Fsp3) is 0.250. The number of rotatable bonds is 5. The van der Waals surface area contributed by atoms with E-state index in [1.165, 1.54) is 6.07 Å². The van der Waals surface area contributed by atoms with Gasteiger partial charge in [-0.3, -0.25) is 0 Å². The maximum atomic E-state index is 13.2. The van der Waals surface area contributed by atoms with Gasteiger partial charge in [0, 0.05) is 11.6 Å². The van der Waals surface area contributed by atoms with Gasteiger partial charge in [0.2, 0.25) is 0 Å². The van der Waals surface area contributed by atoms with Crippen LogP contribution in [0.5, 0.6) is 0 Å². The van der Waals surface area contributed by atoms with E-state index in [-0.39, 0.29) is 18.3 Å². The van der Waals surface area contributed by atoms with E-state index in [1.54, 1.807) is 12.1 Å². The predicted octanol–water partition coefficient (Wildman–Crippen LogP) is 4.64. The van der Waals surface area contributed by atoms with Crippen LogP contribution >= 0.6 is 27.5 Å². The number of aliphatic hydroxyl groups is 1. The average Bonchev–Trinajstić information content (AvgIpc) is 2.42. The lowest BCUT2D eigenvalue weighted by Crippen LogP contribution is -2.13. The van der Waals surface area contributed by atoms with Crippen molar-refractivity contribution in [2.24, 2.45) is 5.92 Å². The lowest BCUT2D eigenvalue weighted by Gasteiger charge is -2.15. The maximum Gasteiger partial charge on any atom is 0.137 e. The number of halogens is 3. The minimum atomic E-state index is -0.274. The summed E-state index contributed by atoms with van der Waals surface area (Å²) in [6, 6.07) is 12.6. The van der Waals surface area contributed by atoms with Crippen molar-refractivity contribution in [2.45, 2.75) is 12.8 Å². The quantitative estimate of drug-likeness (QED) is 0.827. The normalized spacial score (nSPS) is 12.4. The van der Waals surface area contributed by atoms with Crippen molar-refractivity contribution in [1.82, 2.24) is 0 Å². The Balaban J connectivity index is 2.07. The number of hydrogen-bond acceptors (Lipinski definition) is 1. The molecule has 0 aliphatic rings. The molecule has 2 aromatic carbocycles. The van der Waals surface area contributed by atoms with Crippen LogP contribution in [0, 0.1) is 11.7 Å². The summed E-state index contributed by atoms with van der Waals surface area (Å²) in [5.74, 6) is -0.185. The summed E-state index contributed by atoms with van der Waals surface area (Å²) in [4.78, 5) is 0. The van der Waals surface area contributed by atoms with E-state index in [0.717, 1.165) is 17.5 Å². The van der Waals surface area contributed by atoms with Gasteiger partial charge < -0.3 is 5.11 Å². The molecular formula is C16H15BrClFO. The topological polar surface area (TPSA) is 20.2 Å². The summed E-state index contributed by atoms with van der Waals surface area (Å²) in [5, 5.41) is 10.2. The van der Waals surface area contributed by atoms with Crippen molar-refractivity contribution in [2.75, 3.05) is 6.61 Å². The van der Waals surface area contributed by atoms with E-state index in [2.05, 4.69) is 15.9 Å². The second-order valence-corrected chi connectivity index (χ2v) is 6.13. The molecule has 0 heterocycles. The highest BCUT2D eigenvalue weighted by Crippen LogP contribution is 2.21. The van der Waals surface area contributed by atoms with Crippen molar-refractivity contribution in [3.8, 4) is 0 Å². The van der Waals surface area contributed by atoms with Crippen LogP contribution < -0.4 is 0 Å². The second-order valence-electron chi connectivity index (χ2n) is 4.84. The number of benzene rings is 2. The first-order valence-corrected chi connectivity index (χ1v) is 7.55. The Morgan fingerprint density at radius 1 is 1.10 bits per heavy atom. The minimum Gasteiger partial charge on any atom is -0.396 e. The summed E-state index contributed by atoms with van der Waals surface area (Å²) in [6.07, 6.45) is 1.44. The Kier molecular flexibility index (Phi) is 5.58. The smallest absolute Gasteiger partial charge is 0.137 e. The zero-order valence-electron chi connectivity index (χ0n) is 10.8. The summed E-state index contributed by atoms with van der Waals surface area (Å²) in [5.41, 5.74) is 2.09. The molecular weight excluding hydrogens is 343 g/mol. The average molecular weight is 358 g/mol. The Morgan fingerprint density at radius 2 is 1.80 bits per heavy atom. The summed E-state index contributed by atoms with van der Waals surface area (Å²) < 4.78 is 13.7. The minimum absolute atomic E-state index is 0.0848. The highest BCUT2D eigenvalue weighted by molar-refractivity contribution is 9.10. The van der Waals surface area contributed by atoms with Crippen molar-refractivity contribution in [3.63, 3.8) is 0 Å². The molecule has 1 atom stereocenters. The highest BCUT2D eigenvalue weighted by Gasteiger charge is 2.11. The van der Waals surface area contributed by atoms with Gasteiger partial charge in [0.05, 0.1) is 4.47 Å². The van der Waals surface area contributed by atoms with E-state index in [1.807, 2.05) is 24.3 Å². The number of aliphatic hydroxyl groups excluding tert-OH is 1. The van der Waals surface area contributed by atoms with Gasteiger partial charge in [-0.2, -0.15) is 0 Å². The molecule has 0 aliphatic carbocycles. The Morgan fingerprint density at radius 3 is 2.40 bits per heavy atom. The first-order chi connectivity index (χ1) is 9.58. The zero-order valence-corrected chi connectivity index (χ0v) is 13.2. The molecule has 106 valence electrons. The van der Waals surface area contributed by atoms with Gasteiger partial charge in [-0.15, -0.1) is 0 Å². The van der Waals surface area contributed by atoms with Gasteiger partial charge in [0.25, 0.3) is 0 Å².